The summed E-state index contributed by atoms with van der Waals surface area (Å²) in [5.74, 6) is -0.0506. The van der Waals surface area contributed by atoms with E-state index in [0.29, 0.717) is 18.5 Å². The number of nitrogens with one attached hydrogen (secondary N) is 2. The molecule has 3 heterocycles. The largest absolute Gasteiger partial charge is 0.321 e. The molecule has 1 aliphatic rings. The molecule has 1 aliphatic heterocycles. The summed E-state index contributed by atoms with van der Waals surface area (Å²) < 4.78 is 3.53. The van der Waals surface area contributed by atoms with Crippen LogP contribution in [0, 0.1) is 0 Å². The lowest BCUT2D eigenvalue weighted by atomic mass is 9.87. The maximum atomic E-state index is 13.1. The van der Waals surface area contributed by atoms with E-state index in [1.54, 1.807) is 21.8 Å². The lowest BCUT2D eigenvalue weighted by Crippen LogP contribution is -2.52. The van der Waals surface area contributed by atoms with Crippen molar-refractivity contribution in [2.75, 3.05) is 18.4 Å². The highest BCUT2D eigenvalue weighted by Gasteiger charge is 2.42. The Bertz CT molecular complexity index is 840. The number of aromatic nitrogens is 4. The van der Waals surface area contributed by atoms with Crippen LogP contribution in [-0.2, 0) is 10.3 Å². The number of piperidine rings is 1. The average molecular weight is 373 g/mol. The number of carbonyl (C=O) groups is 1. The zero-order chi connectivity index (χ0) is 17.1. The Kier molecular flexibility index (Phi) is 5.39. The summed E-state index contributed by atoms with van der Waals surface area (Å²) in [5.41, 5.74) is 0.967. The quantitative estimate of drug-likeness (QED) is 0.736. The van der Waals surface area contributed by atoms with Crippen molar-refractivity contribution >= 4 is 24.0 Å². The number of amides is 1. The number of nitrogens with zero attached hydrogens (tertiary/aromatic N) is 4. The van der Waals surface area contributed by atoms with Gasteiger partial charge in [-0.2, -0.15) is 10.2 Å². The van der Waals surface area contributed by atoms with E-state index in [2.05, 4.69) is 20.8 Å². The second-order valence-electron chi connectivity index (χ2n) is 6.20. The molecule has 2 aromatic heterocycles. The van der Waals surface area contributed by atoms with Gasteiger partial charge >= 0.3 is 0 Å². The minimum Gasteiger partial charge on any atom is -0.321 e. The van der Waals surface area contributed by atoms with Gasteiger partial charge in [-0.25, -0.2) is 4.68 Å². The first-order chi connectivity index (χ1) is 12.3. The molecule has 0 bridgehead atoms. The van der Waals surface area contributed by atoms with Gasteiger partial charge in [0, 0.05) is 12.4 Å². The fraction of sp³-hybridized carbons (Fsp3) is 0.278. The molecular weight excluding hydrogens is 352 g/mol. The highest BCUT2D eigenvalue weighted by Crippen LogP contribution is 2.28. The van der Waals surface area contributed by atoms with Gasteiger partial charge in [-0.15, -0.1) is 12.4 Å². The van der Waals surface area contributed by atoms with Crippen molar-refractivity contribution in [3.8, 4) is 5.69 Å². The Morgan fingerprint density at radius 1 is 1.12 bits per heavy atom. The third kappa shape index (κ3) is 3.36. The van der Waals surface area contributed by atoms with Crippen molar-refractivity contribution in [1.29, 1.82) is 0 Å². The van der Waals surface area contributed by atoms with E-state index >= 15 is 0 Å². The van der Waals surface area contributed by atoms with Crippen LogP contribution < -0.4 is 10.6 Å². The highest BCUT2D eigenvalue weighted by atomic mass is 35.5. The molecule has 26 heavy (non-hydrogen) atoms. The van der Waals surface area contributed by atoms with Crippen molar-refractivity contribution in [2.45, 2.75) is 18.4 Å². The smallest absolute Gasteiger partial charge is 0.252 e. The lowest BCUT2D eigenvalue weighted by molar-refractivity contribution is -0.126. The standard InChI is InChI=1S/C18H20N6O.ClH/c25-17(18(7-10-19-11-8-18)24-12-4-9-20-24)22-15-13-21-23(14-15)16-5-2-1-3-6-16;/h1-6,9,12-14,19H,7-8,10-11H2,(H,22,25);1H. The van der Waals surface area contributed by atoms with Gasteiger partial charge in [0.25, 0.3) is 5.91 Å². The number of carbonyl (C=O) groups excluding carboxylic acids is 1. The van der Waals surface area contributed by atoms with E-state index < -0.39 is 5.54 Å². The molecule has 1 aromatic carbocycles. The third-order valence-electron chi connectivity index (χ3n) is 4.66. The van der Waals surface area contributed by atoms with Crippen molar-refractivity contribution in [3.05, 3.63) is 61.2 Å². The Morgan fingerprint density at radius 2 is 1.88 bits per heavy atom. The van der Waals surface area contributed by atoms with Crippen LogP contribution in [0.2, 0.25) is 0 Å². The summed E-state index contributed by atoms with van der Waals surface area (Å²) in [6.45, 7) is 1.58. The molecule has 3 aromatic rings. The Hall–Kier alpha value is -2.64. The summed E-state index contributed by atoms with van der Waals surface area (Å²) in [5, 5.41) is 15.0. The molecule has 136 valence electrons. The molecule has 4 rings (SSSR count). The van der Waals surface area contributed by atoms with E-state index in [9.17, 15) is 4.79 Å². The van der Waals surface area contributed by atoms with Gasteiger partial charge in [0.15, 0.2) is 0 Å². The first-order valence-corrected chi connectivity index (χ1v) is 8.40. The third-order valence-corrected chi connectivity index (χ3v) is 4.66. The molecule has 1 fully saturated rings. The maximum absolute atomic E-state index is 13.1. The molecule has 0 spiro atoms. The van der Waals surface area contributed by atoms with Crippen molar-refractivity contribution in [2.24, 2.45) is 0 Å². The number of hydrogen-bond donors (Lipinski definition) is 2. The summed E-state index contributed by atoms with van der Waals surface area (Å²) >= 11 is 0. The molecule has 0 saturated carbocycles. The van der Waals surface area contributed by atoms with Gasteiger partial charge in [-0.3, -0.25) is 9.48 Å². The molecule has 1 amide bonds. The van der Waals surface area contributed by atoms with Gasteiger partial charge in [0.1, 0.15) is 5.54 Å². The fourth-order valence-electron chi connectivity index (χ4n) is 3.28. The first kappa shape index (κ1) is 18.2. The summed E-state index contributed by atoms with van der Waals surface area (Å²) in [4.78, 5) is 13.1. The van der Waals surface area contributed by atoms with Gasteiger partial charge in [-0.1, -0.05) is 18.2 Å². The molecule has 1 saturated heterocycles. The summed E-state index contributed by atoms with van der Waals surface area (Å²) in [6, 6.07) is 11.7. The van der Waals surface area contributed by atoms with Crippen LogP contribution >= 0.6 is 12.4 Å². The van der Waals surface area contributed by atoms with Gasteiger partial charge in [0.05, 0.1) is 23.8 Å². The zero-order valence-electron chi connectivity index (χ0n) is 14.2. The summed E-state index contributed by atoms with van der Waals surface area (Å²) in [7, 11) is 0. The SMILES string of the molecule is Cl.O=C(Nc1cnn(-c2ccccc2)c1)C1(n2cccn2)CCNCC1. The number of rotatable bonds is 4. The van der Waals surface area contributed by atoms with E-state index in [-0.39, 0.29) is 18.3 Å². The molecular formula is C18H21ClN6O. The fourth-order valence-corrected chi connectivity index (χ4v) is 3.28. The number of benzene rings is 1. The zero-order valence-corrected chi connectivity index (χ0v) is 15.0. The minimum atomic E-state index is -0.663. The molecule has 0 atom stereocenters. The molecule has 7 nitrogen and oxygen atoms in total. The monoisotopic (exact) mass is 372 g/mol. The van der Waals surface area contributed by atoms with Crippen LogP contribution in [0.1, 0.15) is 12.8 Å². The van der Waals surface area contributed by atoms with Crippen LogP contribution in [0.25, 0.3) is 5.69 Å². The molecule has 0 unspecified atom stereocenters. The van der Waals surface area contributed by atoms with E-state index in [0.717, 1.165) is 18.8 Å². The number of para-hydroxylation sites is 1. The Balaban J connectivity index is 0.00000196. The minimum absolute atomic E-state index is 0. The predicted molar refractivity (Wildman–Crippen MR) is 102 cm³/mol. The van der Waals surface area contributed by atoms with Gasteiger partial charge in [-0.05, 0) is 44.1 Å². The van der Waals surface area contributed by atoms with Gasteiger partial charge in [0.2, 0.25) is 0 Å². The van der Waals surface area contributed by atoms with Crippen LogP contribution in [0.3, 0.4) is 0 Å². The maximum Gasteiger partial charge on any atom is 0.252 e. The number of anilines is 1. The first-order valence-electron chi connectivity index (χ1n) is 8.40. The molecule has 0 radical (unpaired) electrons. The average Bonchev–Trinajstić information content (AvgIpc) is 3.35. The van der Waals surface area contributed by atoms with Crippen molar-refractivity contribution < 1.29 is 4.79 Å². The van der Waals surface area contributed by atoms with E-state index in [4.69, 9.17) is 0 Å². The Morgan fingerprint density at radius 3 is 2.58 bits per heavy atom. The molecule has 0 aliphatic carbocycles. The van der Waals surface area contributed by atoms with Gasteiger partial charge < -0.3 is 10.6 Å². The van der Waals surface area contributed by atoms with E-state index in [1.165, 1.54) is 0 Å². The normalized spacial score (nSPS) is 15.8. The second-order valence-corrected chi connectivity index (χ2v) is 6.20. The van der Waals surface area contributed by atoms with Crippen LogP contribution in [0.15, 0.2) is 61.2 Å². The molecule has 2 N–H and O–H groups in total. The van der Waals surface area contributed by atoms with Crippen molar-refractivity contribution in [3.63, 3.8) is 0 Å². The van der Waals surface area contributed by atoms with Crippen LogP contribution in [-0.4, -0.2) is 38.6 Å². The van der Waals surface area contributed by atoms with Crippen molar-refractivity contribution in [1.82, 2.24) is 24.9 Å². The van der Waals surface area contributed by atoms with Crippen LogP contribution in [0.4, 0.5) is 5.69 Å². The second kappa shape index (κ2) is 7.72. The lowest BCUT2D eigenvalue weighted by Gasteiger charge is -2.36. The van der Waals surface area contributed by atoms with E-state index in [1.807, 2.05) is 48.8 Å². The topological polar surface area (TPSA) is 76.8 Å². The molecule has 8 heteroatoms. The highest BCUT2D eigenvalue weighted by molar-refractivity contribution is 5.96. The van der Waals surface area contributed by atoms with Crippen LogP contribution in [0.5, 0.6) is 0 Å². The Labute approximate surface area is 157 Å². The predicted octanol–water partition coefficient (Wildman–Crippen LogP) is 2.21. The number of hydrogen-bond acceptors (Lipinski definition) is 4. The summed E-state index contributed by atoms with van der Waals surface area (Å²) in [6.07, 6.45) is 8.47. The number of halogens is 1.